The summed E-state index contributed by atoms with van der Waals surface area (Å²) in [6.45, 7) is 1.81. The van der Waals surface area contributed by atoms with Gasteiger partial charge in [-0.2, -0.15) is 0 Å². The van der Waals surface area contributed by atoms with Gasteiger partial charge in [0, 0.05) is 53.7 Å². The minimum absolute atomic E-state index is 0.837. The maximum absolute atomic E-state index is 4.56. The lowest BCUT2D eigenvalue weighted by Gasteiger charge is -2.22. The molecule has 0 saturated heterocycles. The summed E-state index contributed by atoms with van der Waals surface area (Å²) >= 11 is 0. The summed E-state index contributed by atoms with van der Waals surface area (Å²) in [5, 5.41) is 0. The zero-order valence-corrected chi connectivity index (χ0v) is 10.6. The monoisotopic (exact) mass is 223 g/mol. The Balaban J connectivity index is 2.34. The highest BCUT2D eigenvalue weighted by molar-refractivity contribution is 5.79. The van der Waals surface area contributed by atoms with Crippen LogP contribution in [0.1, 0.15) is 6.42 Å². The number of rotatable bonds is 4. The summed E-state index contributed by atoms with van der Waals surface area (Å²) in [6.07, 6.45) is 6.64. The number of guanidine groups is 1. The van der Waals surface area contributed by atoms with Gasteiger partial charge in [-0.25, -0.2) is 4.98 Å². The van der Waals surface area contributed by atoms with Gasteiger partial charge in [0.15, 0.2) is 5.96 Å². The second kappa shape index (κ2) is 6.15. The van der Waals surface area contributed by atoms with Crippen molar-refractivity contribution in [2.75, 3.05) is 34.7 Å². The third kappa shape index (κ3) is 3.92. The molecule has 1 aromatic heterocycles. The molecule has 16 heavy (non-hydrogen) atoms. The molecule has 90 valence electrons. The lowest BCUT2D eigenvalue weighted by molar-refractivity contribution is 0.477. The van der Waals surface area contributed by atoms with Gasteiger partial charge in [0.2, 0.25) is 0 Å². The largest absolute Gasteiger partial charge is 0.349 e. The summed E-state index contributed by atoms with van der Waals surface area (Å²) in [7, 11) is 8.03. The summed E-state index contributed by atoms with van der Waals surface area (Å²) in [5.41, 5.74) is 0. The number of aromatic nitrogens is 2. The predicted octanol–water partition coefficient (Wildman–Crippen LogP) is 0.752. The van der Waals surface area contributed by atoms with Gasteiger partial charge in [-0.3, -0.25) is 4.99 Å². The number of imidazole rings is 1. The molecule has 0 aliphatic carbocycles. The molecule has 0 N–H and O–H groups in total. The summed E-state index contributed by atoms with van der Waals surface area (Å²) in [6, 6.07) is 0. The van der Waals surface area contributed by atoms with Crippen LogP contribution in [0.15, 0.2) is 23.7 Å². The molecule has 0 bridgehead atoms. The van der Waals surface area contributed by atoms with E-state index in [2.05, 4.69) is 14.5 Å². The van der Waals surface area contributed by atoms with Crippen LogP contribution in [0, 0.1) is 0 Å². The van der Waals surface area contributed by atoms with E-state index in [1.807, 2.05) is 50.5 Å². The molecule has 1 aromatic rings. The van der Waals surface area contributed by atoms with Crippen molar-refractivity contribution in [2.24, 2.45) is 4.99 Å². The second-order valence-corrected chi connectivity index (χ2v) is 4.12. The molecule has 0 amide bonds. The minimum atomic E-state index is 0.837. The predicted molar refractivity (Wildman–Crippen MR) is 66.5 cm³/mol. The van der Waals surface area contributed by atoms with Crippen molar-refractivity contribution < 1.29 is 0 Å². The normalized spacial score (nSPS) is 10.0. The molecule has 5 heteroatoms. The van der Waals surface area contributed by atoms with Crippen LogP contribution in [0.5, 0.6) is 0 Å². The molecule has 0 atom stereocenters. The fourth-order valence-electron chi connectivity index (χ4n) is 1.53. The van der Waals surface area contributed by atoms with Gasteiger partial charge in [0.25, 0.3) is 0 Å². The van der Waals surface area contributed by atoms with Crippen LogP contribution in [0.2, 0.25) is 0 Å². The fourth-order valence-corrected chi connectivity index (χ4v) is 1.53. The van der Waals surface area contributed by atoms with Crippen molar-refractivity contribution in [3.63, 3.8) is 0 Å². The van der Waals surface area contributed by atoms with Crippen molar-refractivity contribution in [2.45, 2.75) is 13.0 Å². The van der Waals surface area contributed by atoms with Crippen LogP contribution in [0.3, 0.4) is 0 Å². The van der Waals surface area contributed by atoms with E-state index in [1.165, 1.54) is 0 Å². The topological polar surface area (TPSA) is 36.7 Å². The lowest BCUT2D eigenvalue weighted by Crippen LogP contribution is -2.35. The molecule has 0 saturated carbocycles. The standard InChI is InChI=1S/C11H21N5/c1-14(2)11(15(3)4)13-6-5-8-16-9-7-12-10-16/h7,9-10H,5-6,8H2,1-4H3. The Morgan fingerprint density at radius 2 is 1.94 bits per heavy atom. The first kappa shape index (κ1) is 12.5. The molecular formula is C11H21N5. The maximum Gasteiger partial charge on any atom is 0.195 e. The average Bonchev–Trinajstić information content (AvgIpc) is 2.68. The molecular weight excluding hydrogens is 202 g/mol. The molecule has 0 fully saturated rings. The molecule has 0 aliphatic rings. The summed E-state index contributed by atoms with van der Waals surface area (Å²) in [5.74, 6) is 1.01. The number of hydrogen-bond acceptors (Lipinski definition) is 2. The highest BCUT2D eigenvalue weighted by atomic mass is 15.3. The Bertz CT molecular complexity index is 303. The third-order valence-corrected chi connectivity index (χ3v) is 2.19. The smallest absolute Gasteiger partial charge is 0.195 e. The molecule has 0 aromatic carbocycles. The van der Waals surface area contributed by atoms with Crippen LogP contribution >= 0.6 is 0 Å². The first-order valence-electron chi connectivity index (χ1n) is 5.46. The van der Waals surface area contributed by atoms with E-state index < -0.39 is 0 Å². The van der Waals surface area contributed by atoms with E-state index in [9.17, 15) is 0 Å². The van der Waals surface area contributed by atoms with Crippen LogP contribution < -0.4 is 0 Å². The van der Waals surface area contributed by atoms with E-state index in [0.29, 0.717) is 0 Å². The lowest BCUT2D eigenvalue weighted by atomic mass is 10.4. The Morgan fingerprint density at radius 1 is 1.25 bits per heavy atom. The highest BCUT2D eigenvalue weighted by Gasteiger charge is 2.02. The van der Waals surface area contributed by atoms with Crippen molar-refractivity contribution in [1.29, 1.82) is 0 Å². The quantitative estimate of drug-likeness (QED) is 0.429. The summed E-state index contributed by atoms with van der Waals surface area (Å²) in [4.78, 5) is 12.6. The number of hydrogen-bond donors (Lipinski definition) is 0. The van der Waals surface area contributed by atoms with Crippen LogP contribution in [0.25, 0.3) is 0 Å². The molecule has 5 nitrogen and oxygen atoms in total. The van der Waals surface area contributed by atoms with Gasteiger partial charge in [0.05, 0.1) is 6.33 Å². The van der Waals surface area contributed by atoms with Gasteiger partial charge >= 0.3 is 0 Å². The van der Waals surface area contributed by atoms with E-state index in [-0.39, 0.29) is 0 Å². The molecule has 0 radical (unpaired) electrons. The molecule has 0 spiro atoms. The summed E-state index contributed by atoms with van der Waals surface area (Å²) < 4.78 is 2.07. The van der Waals surface area contributed by atoms with Crippen molar-refractivity contribution in [3.05, 3.63) is 18.7 Å². The third-order valence-electron chi connectivity index (χ3n) is 2.19. The van der Waals surface area contributed by atoms with E-state index in [0.717, 1.165) is 25.5 Å². The fraction of sp³-hybridized carbons (Fsp3) is 0.636. The van der Waals surface area contributed by atoms with Crippen LogP contribution in [-0.2, 0) is 6.54 Å². The van der Waals surface area contributed by atoms with Gasteiger partial charge < -0.3 is 14.4 Å². The Morgan fingerprint density at radius 3 is 2.44 bits per heavy atom. The highest BCUT2D eigenvalue weighted by Crippen LogP contribution is 1.94. The van der Waals surface area contributed by atoms with Crippen LogP contribution in [0.4, 0.5) is 0 Å². The molecule has 0 unspecified atom stereocenters. The average molecular weight is 223 g/mol. The Kier molecular flexibility index (Phi) is 4.82. The number of aliphatic imine (C=N–C) groups is 1. The molecule has 0 aliphatic heterocycles. The van der Waals surface area contributed by atoms with E-state index in [1.54, 1.807) is 6.20 Å². The first-order chi connectivity index (χ1) is 7.61. The number of aryl methyl sites for hydroxylation is 1. The van der Waals surface area contributed by atoms with Gasteiger partial charge in [-0.15, -0.1) is 0 Å². The first-order valence-corrected chi connectivity index (χ1v) is 5.46. The Hall–Kier alpha value is -1.52. The van der Waals surface area contributed by atoms with Crippen molar-refractivity contribution in [1.82, 2.24) is 19.4 Å². The van der Waals surface area contributed by atoms with Crippen LogP contribution in [-0.4, -0.2) is 60.0 Å². The minimum Gasteiger partial charge on any atom is -0.349 e. The number of nitrogens with zero attached hydrogens (tertiary/aromatic N) is 5. The second-order valence-electron chi connectivity index (χ2n) is 4.12. The van der Waals surface area contributed by atoms with E-state index in [4.69, 9.17) is 0 Å². The SMILES string of the molecule is CN(C)C(=NCCCn1ccnc1)N(C)C. The van der Waals surface area contributed by atoms with Crippen molar-refractivity contribution in [3.8, 4) is 0 Å². The zero-order valence-electron chi connectivity index (χ0n) is 10.6. The maximum atomic E-state index is 4.56. The van der Waals surface area contributed by atoms with Gasteiger partial charge in [0.1, 0.15) is 0 Å². The molecule has 1 rings (SSSR count). The van der Waals surface area contributed by atoms with Gasteiger partial charge in [-0.05, 0) is 6.42 Å². The zero-order chi connectivity index (χ0) is 12.0. The molecule has 1 heterocycles. The van der Waals surface area contributed by atoms with Crippen molar-refractivity contribution >= 4 is 5.96 Å². The van der Waals surface area contributed by atoms with Gasteiger partial charge in [-0.1, -0.05) is 0 Å². The van der Waals surface area contributed by atoms with E-state index >= 15 is 0 Å². The Labute approximate surface area is 97.4 Å².